The summed E-state index contributed by atoms with van der Waals surface area (Å²) in [5.74, 6) is -1.55. The third-order valence-electron chi connectivity index (χ3n) is 7.87. The minimum Gasteiger partial charge on any atom is -0.394 e. The fraction of sp³-hybridized carbons (Fsp3) is 0.640. The first-order valence-corrected chi connectivity index (χ1v) is 13.2. The number of aliphatic hydroxyl groups excluding tert-OH is 1. The topological polar surface area (TPSA) is 102 Å². The maximum Gasteiger partial charge on any atom is 0.248 e. The average Bonchev–Trinajstić information content (AvgIpc) is 3.49. The Hall–Kier alpha value is -2.26. The summed E-state index contributed by atoms with van der Waals surface area (Å²) in [6.45, 7) is 7.69. The van der Waals surface area contributed by atoms with Gasteiger partial charge in [0.25, 0.3) is 0 Å². The second-order valence-electron chi connectivity index (χ2n) is 9.37. The van der Waals surface area contributed by atoms with Crippen LogP contribution in [0.5, 0.6) is 0 Å². The number of anilines is 2. The molecule has 3 heterocycles. The van der Waals surface area contributed by atoms with Crippen molar-refractivity contribution in [3.05, 3.63) is 24.3 Å². The van der Waals surface area contributed by atoms with Crippen LogP contribution in [0.2, 0.25) is 0 Å². The van der Waals surface area contributed by atoms with Gasteiger partial charge in [0, 0.05) is 36.8 Å². The first kappa shape index (κ1) is 24.9. The molecule has 186 valence electrons. The van der Waals surface area contributed by atoms with Gasteiger partial charge in [0.05, 0.1) is 29.2 Å². The van der Waals surface area contributed by atoms with Gasteiger partial charge in [-0.25, -0.2) is 0 Å². The monoisotopic (exact) mass is 488 g/mol. The van der Waals surface area contributed by atoms with Gasteiger partial charge in [0.2, 0.25) is 17.7 Å². The van der Waals surface area contributed by atoms with Gasteiger partial charge >= 0.3 is 0 Å². The van der Waals surface area contributed by atoms with E-state index in [1.165, 1.54) is 0 Å². The van der Waals surface area contributed by atoms with Gasteiger partial charge in [-0.3, -0.25) is 14.4 Å². The highest BCUT2D eigenvalue weighted by atomic mass is 32.2. The lowest BCUT2D eigenvalue weighted by molar-refractivity contribution is -0.142. The minimum atomic E-state index is -0.728. The van der Waals surface area contributed by atoms with E-state index in [1.54, 1.807) is 23.7 Å². The summed E-state index contributed by atoms with van der Waals surface area (Å²) in [6.07, 6.45) is 2.05. The molecule has 0 radical (unpaired) electrons. The van der Waals surface area contributed by atoms with E-state index in [0.717, 1.165) is 25.2 Å². The van der Waals surface area contributed by atoms with Crippen molar-refractivity contribution in [1.82, 2.24) is 10.2 Å². The van der Waals surface area contributed by atoms with Gasteiger partial charge in [-0.05, 0) is 57.4 Å². The Labute approximate surface area is 205 Å². The predicted octanol–water partition coefficient (Wildman–Crippen LogP) is 2.08. The maximum absolute atomic E-state index is 13.8. The first-order valence-electron chi connectivity index (χ1n) is 12.3. The molecule has 3 aliphatic rings. The van der Waals surface area contributed by atoms with Crippen LogP contribution >= 0.6 is 11.8 Å². The lowest BCUT2D eigenvalue weighted by atomic mass is 9.70. The molecular formula is C25H36N4O4S. The van der Waals surface area contributed by atoms with Gasteiger partial charge in [-0.15, -0.1) is 11.8 Å². The molecule has 0 aromatic heterocycles. The van der Waals surface area contributed by atoms with Crippen molar-refractivity contribution in [2.45, 2.75) is 62.1 Å². The van der Waals surface area contributed by atoms with Gasteiger partial charge in [0.1, 0.15) is 6.04 Å². The second-order valence-corrected chi connectivity index (χ2v) is 11.0. The van der Waals surface area contributed by atoms with E-state index in [4.69, 9.17) is 0 Å². The predicted molar refractivity (Wildman–Crippen MR) is 135 cm³/mol. The van der Waals surface area contributed by atoms with E-state index >= 15 is 0 Å². The summed E-state index contributed by atoms with van der Waals surface area (Å²) in [6, 6.07) is 6.56. The number of carbonyl (C=O) groups is 3. The number of nitrogens with one attached hydrogen (secondary N) is 2. The van der Waals surface area contributed by atoms with E-state index in [2.05, 4.69) is 29.4 Å². The Morgan fingerprint density at radius 3 is 2.44 bits per heavy atom. The minimum absolute atomic E-state index is 0.0360. The Bertz CT molecular complexity index is 933. The quantitative estimate of drug-likeness (QED) is 0.492. The highest BCUT2D eigenvalue weighted by Crippen LogP contribution is 2.66. The van der Waals surface area contributed by atoms with Crippen LogP contribution in [-0.4, -0.2) is 76.6 Å². The number of hydrogen-bond acceptors (Lipinski definition) is 6. The van der Waals surface area contributed by atoms with Crippen molar-refractivity contribution in [2.24, 2.45) is 11.8 Å². The number of carbonyl (C=O) groups excluding carboxylic acids is 3. The molecule has 3 aliphatic heterocycles. The van der Waals surface area contributed by atoms with Gasteiger partial charge < -0.3 is 25.5 Å². The highest BCUT2D eigenvalue weighted by Gasteiger charge is 2.74. The van der Waals surface area contributed by atoms with Gasteiger partial charge in [-0.1, -0.05) is 6.92 Å². The Morgan fingerprint density at radius 2 is 1.88 bits per heavy atom. The van der Waals surface area contributed by atoms with Crippen LogP contribution in [0, 0.1) is 11.8 Å². The molecule has 8 nitrogen and oxygen atoms in total. The third kappa shape index (κ3) is 3.77. The molecule has 6 atom stereocenters. The van der Waals surface area contributed by atoms with E-state index in [0.29, 0.717) is 18.5 Å². The molecule has 3 fully saturated rings. The molecule has 3 amide bonds. The number of amides is 3. The number of fused-ring (bicyclic) bond motifs is 1. The normalized spacial score (nSPS) is 30.3. The van der Waals surface area contributed by atoms with E-state index in [9.17, 15) is 19.5 Å². The van der Waals surface area contributed by atoms with E-state index in [-0.39, 0.29) is 29.6 Å². The zero-order chi connectivity index (χ0) is 24.6. The third-order valence-corrected chi connectivity index (χ3v) is 9.83. The van der Waals surface area contributed by atoms with Crippen molar-refractivity contribution in [3.63, 3.8) is 0 Å². The molecule has 1 aromatic rings. The van der Waals surface area contributed by atoms with Crippen LogP contribution < -0.4 is 15.5 Å². The number of likely N-dealkylation sites (tertiary alicyclic amines) is 1. The van der Waals surface area contributed by atoms with Gasteiger partial charge in [-0.2, -0.15) is 0 Å². The van der Waals surface area contributed by atoms with Crippen LogP contribution in [0.15, 0.2) is 24.3 Å². The highest BCUT2D eigenvalue weighted by molar-refractivity contribution is 8.02. The molecule has 4 rings (SSSR count). The number of rotatable bonds is 9. The van der Waals surface area contributed by atoms with Crippen LogP contribution in [0.3, 0.4) is 0 Å². The smallest absolute Gasteiger partial charge is 0.248 e. The molecule has 2 unspecified atom stereocenters. The van der Waals surface area contributed by atoms with Crippen molar-refractivity contribution in [3.8, 4) is 0 Å². The molecule has 0 saturated carbocycles. The number of benzene rings is 1. The first-order chi connectivity index (χ1) is 16.4. The molecule has 34 heavy (non-hydrogen) atoms. The average molecular weight is 489 g/mol. The fourth-order valence-corrected chi connectivity index (χ4v) is 8.43. The maximum atomic E-state index is 13.8. The van der Waals surface area contributed by atoms with Crippen LogP contribution in [0.1, 0.15) is 40.0 Å². The molecule has 3 N–H and O–H groups in total. The lowest BCUT2D eigenvalue weighted by Gasteiger charge is -2.36. The second kappa shape index (κ2) is 9.77. The summed E-state index contributed by atoms with van der Waals surface area (Å²) in [7, 11) is 1.59. The van der Waals surface area contributed by atoms with Crippen molar-refractivity contribution in [1.29, 1.82) is 0 Å². The van der Waals surface area contributed by atoms with Crippen molar-refractivity contribution >= 4 is 40.9 Å². The summed E-state index contributed by atoms with van der Waals surface area (Å²) in [4.78, 5) is 44.1. The summed E-state index contributed by atoms with van der Waals surface area (Å²) >= 11 is 1.63. The fourth-order valence-electron chi connectivity index (χ4n) is 6.22. The summed E-state index contributed by atoms with van der Waals surface area (Å²) < 4.78 is -0.646. The molecular weight excluding hydrogens is 452 g/mol. The Kier molecular flexibility index (Phi) is 7.14. The number of aliphatic hydroxyl groups is 1. The lowest BCUT2D eigenvalue weighted by Crippen LogP contribution is -2.54. The zero-order valence-electron chi connectivity index (χ0n) is 20.4. The number of nitrogens with zero attached hydrogens (tertiary/aromatic N) is 2. The summed E-state index contributed by atoms with van der Waals surface area (Å²) in [5.41, 5.74) is 1.76. The van der Waals surface area contributed by atoms with Crippen LogP contribution in [0.25, 0.3) is 0 Å². The number of thioether (sulfide) groups is 1. The Balaban J connectivity index is 1.66. The molecule has 9 heteroatoms. The van der Waals surface area contributed by atoms with Crippen LogP contribution in [0.4, 0.5) is 11.4 Å². The Morgan fingerprint density at radius 1 is 1.21 bits per heavy atom. The van der Waals surface area contributed by atoms with Crippen LogP contribution in [-0.2, 0) is 14.4 Å². The largest absolute Gasteiger partial charge is 0.394 e. The SMILES string of the molecule is CC[C@@H](CO)N1C(=O)[C@@H]2[C@@H](C(=O)NC)[C@H]3CCC2(S3)C1C(=O)Nc1ccc(N(CC)CC)cc1. The molecule has 1 aromatic carbocycles. The zero-order valence-corrected chi connectivity index (χ0v) is 21.2. The molecule has 0 aliphatic carbocycles. The van der Waals surface area contributed by atoms with Crippen molar-refractivity contribution in [2.75, 3.05) is 37.0 Å². The van der Waals surface area contributed by atoms with E-state index in [1.807, 2.05) is 31.2 Å². The number of hydrogen-bond donors (Lipinski definition) is 3. The molecule has 2 bridgehead atoms. The molecule has 3 saturated heterocycles. The van der Waals surface area contributed by atoms with Crippen molar-refractivity contribution < 1.29 is 19.5 Å². The summed E-state index contributed by atoms with van der Waals surface area (Å²) in [5, 5.41) is 15.9. The molecule has 1 spiro atoms. The standard InChI is InChI=1S/C25H36N4O4S/c1-5-16(14-30)29-21(23(32)27-15-8-10-17(11-9-15)28(6-2)7-3)25-13-12-18(34-25)19(22(31)26-4)20(25)24(29)33/h8-11,16,18-21,30H,5-7,12-14H2,1-4H3,(H,26,31)(H,27,32)/t16-,18+,19-,20-,21?,25?/m0/s1. The van der Waals surface area contributed by atoms with Gasteiger partial charge in [0.15, 0.2) is 0 Å². The van der Waals surface area contributed by atoms with E-state index < -0.39 is 28.7 Å².